The van der Waals surface area contributed by atoms with Crippen LogP contribution in [0.1, 0.15) is 41.7 Å². The number of hydrogen-bond donors (Lipinski definition) is 0. The standard InChI is InChI=1S/C16H16N2/c1-2-7-14-13(6-1)15-8-9-16(14)18(15)11-12-5-3-4-10-17-12/h1-7,10,15-16H,8-9,11H2. The van der Waals surface area contributed by atoms with E-state index in [9.17, 15) is 0 Å². The summed E-state index contributed by atoms with van der Waals surface area (Å²) in [6.45, 7) is 0.977. The number of rotatable bonds is 2. The van der Waals surface area contributed by atoms with Crippen molar-refractivity contribution in [1.82, 2.24) is 9.88 Å². The third kappa shape index (κ3) is 1.42. The van der Waals surface area contributed by atoms with Crippen molar-refractivity contribution in [2.75, 3.05) is 0 Å². The molecule has 3 heterocycles. The summed E-state index contributed by atoms with van der Waals surface area (Å²) in [7, 11) is 0. The lowest BCUT2D eigenvalue weighted by Crippen LogP contribution is -2.19. The van der Waals surface area contributed by atoms with Gasteiger partial charge in [-0.05, 0) is 36.1 Å². The molecule has 2 bridgehead atoms. The summed E-state index contributed by atoms with van der Waals surface area (Å²) in [4.78, 5) is 7.08. The van der Waals surface area contributed by atoms with Crippen LogP contribution >= 0.6 is 0 Å². The quantitative estimate of drug-likeness (QED) is 0.793. The first-order chi connectivity index (χ1) is 8.93. The highest BCUT2D eigenvalue weighted by Crippen LogP contribution is 2.53. The van der Waals surface area contributed by atoms with Crippen molar-refractivity contribution in [3.8, 4) is 0 Å². The summed E-state index contributed by atoms with van der Waals surface area (Å²) < 4.78 is 0. The molecule has 1 fully saturated rings. The van der Waals surface area contributed by atoms with Gasteiger partial charge in [-0.25, -0.2) is 0 Å². The van der Waals surface area contributed by atoms with Gasteiger partial charge in [-0.15, -0.1) is 0 Å². The van der Waals surface area contributed by atoms with E-state index in [0.29, 0.717) is 12.1 Å². The van der Waals surface area contributed by atoms with Crippen molar-refractivity contribution in [3.05, 3.63) is 65.5 Å². The Morgan fingerprint density at radius 1 is 0.944 bits per heavy atom. The SMILES string of the molecule is c1ccc(CN2C3CCC2c2ccccc23)nc1. The van der Waals surface area contributed by atoms with Gasteiger partial charge in [0.2, 0.25) is 0 Å². The van der Waals surface area contributed by atoms with E-state index in [0.717, 1.165) is 6.54 Å². The molecule has 90 valence electrons. The molecule has 0 amide bonds. The summed E-state index contributed by atoms with van der Waals surface area (Å²) in [5, 5.41) is 0. The van der Waals surface area contributed by atoms with Crippen molar-refractivity contribution in [2.45, 2.75) is 31.5 Å². The fourth-order valence-corrected chi connectivity index (χ4v) is 3.55. The molecule has 4 rings (SSSR count). The van der Waals surface area contributed by atoms with E-state index in [-0.39, 0.29) is 0 Å². The second kappa shape index (κ2) is 3.92. The van der Waals surface area contributed by atoms with E-state index in [1.165, 1.54) is 18.5 Å². The van der Waals surface area contributed by atoms with Gasteiger partial charge in [0.05, 0.1) is 5.69 Å². The molecule has 2 aliphatic heterocycles. The summed E-state index contributed by atoms with van der Waals surface area (Å²) in [5.74, 6) is 0. The van der Waals surface area contributed by atoms with Crippen molar-refractivity contribution in [1.29, 1.82) is 0 Å². The molecule has 2 atom stereocenters. The predicted molar refractivity (Wildman–Crippen MR) is 70.9 cm³/mol. The summed E-state index contributed by atoms with van der Waals surface area (Å²) in [6.07, 6.45) is 4.49. The van der Waals surface area contributed by atoms with Crippen LogP contribution in [0.4, 0.5) is 0 Å². The van der Waals surface area contributed by atoms with E-state index < -0.39 is 0 Å². The molecule has 1 aromatic carbocycles. The van der Waals surface area contributed by atoms with Crippen LogP contribution < -0.4 is 0 Å². The number of pyridine rings is 1. The summed E-state index contributed by atoms with van der Waals surface area (Å²) >= 11 is 0. The topological polar surface area (TPSA) is 16.1 Å². The number of fused-ring (bicyclic) bond motifs is 5. The highest BCUT2D eigenvalue weighted by atomic mass is 15.2. The van der Waals surface area contributed by atoms with Crippen LogP contribution in [-0.4, -0.2) is 9.88 Å². The fraction of sp³-hybridized carbons (Fsp3) is 0.312. The molecule has 1 aromatic heterocycles. The average Bonchev–Trinajstić information content (AvgIpc) is 2.96. The summed E-state index contributed by atoms with van der Waals surface area (Å²) in [5.41, 5.74) is 4.27. The number of hydrogen-bond acceptors (Lipinski definition) is 2. The molecule has 0 spiro atoms. The number of aromatic nitrogens is 1. The monoisotopic (exact) mass is 236 g/mol. The molecule has 2 aliphatic rings. The molecular formula is C16H16N2. The van der Waals surface area contributed by atoms with E-state index in [2.05, 4.69) is 46.3 Å². The zero-order chi connectivity index (χ0) is 11.9. The van der Waals surface area contributed by atoms with E-state index in [1.807, 2.05) is 12.3 Å². The lowest BCUT2D eigenvalue weighted by Gasteiger charge is -2.21. The van der Waals surface area contributed by atoms with Gasteiger partial charge < -0.3 is 0 Å². The fourth-order valence-electron chi connectivity index (χ4n) is 3.55. The first-order valence-electron chi connectivity index (χ1n) is 6.68. The van der Waals surface area contributed by atoms with Gasteiger partial charge in [0.15, 0.2) is 0 Å². The Morgan fingerprint density at radius 3 is 2.22 bits per heavy atom. The third-order valence-corrected chi connectivity index (χ3v) is 4.30. The van der Waals surface area contributed by atoms with Crippen molar-refractivity contribution >= 4 is 0 Å². The Hall–Kier alpha value is -1.67. The highest BCUT2D eigenvalue weighted by Gasteiger charge is 2.43. The van der Waals surface area contributed by atoms with Gasteiger partial charge in [0.25, 0.3) is 0 Å². The molecule has 0 radical (unpaired) electrons. The van der Waals surface area contributed by atoms with Crippen LogP contribution in [0.3, 0.4) is 0 Å². The minimum absolute atomic E-state index is 0.619. The molecular weight excluding hydrogens is 220 g/mol. The maximum Gasteiger partial charge on any atom is 0.0544 e. The smallest absolute Gasteiger partial charge is 0.0544 e. The first-order valence-corrected chi connectivity index (χ1v) is 6.68. The Morgan fingerprint density at radius 2 is 1.61 bits per heavy atom. The van der Waals surface area contributed by atoms with Gasteiger partial charge in [-0.3, -0.25) is 9.88 Å². The minimum atomic E-state index is 0.619. The predicted octanol–water partition coefficient (Wildman–Crippen LogP) is 3.47. The Balaban J connectivity index is 1.66. The summed E-state index contributed by atoms with van der Waals surface area (Å²) in [6, 6.07) is 16.3. The van der Waals surface area contributed by atoms with Gasteiger partial charge in [-0.1, -0.05) is 30.3 Å². The first kappa shape index (κ1) is 10.3. The lowest BCUT2D eigenvalue weighted by atomic mass is 9.92. The second-order valence-corrected chi connectivity index (χ2v) is 5.23. The molecule has 0 saturated carbocycles. The van der Waals surface area contributed by atoms with Crippen LogP contribution in [0.2, 0.25) is 0 Å². The maximum atomic E-state index is 4.46. The molecule has 2 heteroatoms. The molecule has 2 unspecified atom stereocenters. The van der Waals surface area contributed by atoms with E-state index >= 15 is 0 Å². The Bertz CT molecular complexity index is 533. The molecule has 0 N–H and O–H groups in total. The zero-order valence-electron chi connectivity index (χ0n) is 10.3. The van der Waals surface area contributed by atoms with E-state index in [1.54, 1.807) is 11.1 Å². The van der Waals surface area contributed by atoms with Gasteiger partial charge in [0.1, 0.15) is 0 Å². The lowest BCUT2D eigenvalue weighted by molar-refractivity contribution is 0.211. The molecule has 2 aromatic rings. The highest BCUT2D eigenvalue weighted by molar-refractivity contribution is 5.40. The Labute approximate surface area is 107 Å². The van der Waals surface area contributed by atoms with E-state index in [4.69, 9.17) is 0 Å². The third-order valence-electron chi connectivity index (χ3n) is 4.30. The minimum Gasteiger partial charge on any atom is -0.283 e. The average molecular weight is 236 g/mol. The Kier molecular flexibility index (Phi) is 2.24. The zero-order valence-corrected chi connectivity index (χ0v) is 10.3. The van der Waals surface area contributed by atoms with Crippen LogP contribution in [0.25, 0.3) is 0 Å². The molecule has 2 nitrogen and oxygen atoms in total. The van der Waals surface area contributed by atoms with Crippen molar-refractivity contribution < 1.29 is 0 Å². The van der Waals surface area contributed by atoms with Gasteiger partial charge >= 0.3 is 0 Å². The van der Waals surface area contributed by atoms with Crippen LogP contribution in [-0.2, 0) is 6.54 Å². The van der Waals surface area contributed by atoms with Crippen molar-refractivity contribution in [3.63, 3.8) is 0 Å². The van der Waals surface area contributed by atoms with Crippen LogP contribution in [0.5, 0.6) is 0 Å². The van der Waals surface area contributed by atoms with Gasteiger partial charge in [0, 0.05) is 24.8 Å². The van der Waals surface area contributed by atoms with Crippen molar-refractivity contribution in [2.24, 2.45) is 0 Å². The van der Waals surface area contributed by atoms with Crippen LogP contribution in [0.15, 0.2) is 48.7 Å². The van der Waals surface area contributed by atoms with Gasteiger partial charge in [-0.2, -0.15) is 0 Å². The molecule has 18 heavy (non-hydrogen) atoms. The van der Waals surface area contributed by atoms with Crippen LogP contribution in [0, 0.1) is 0 Å². The normalized spacial score (nSPS) is 25.3. The maximum absolute atomic E-state index is 4.46. The number of nitrogens with zero attached hydrogens (tertiary/aromatic N) is 2. The molecule has 0 aliphatic carbocycles. The molecule has 1 saturated heterocycles. The number of benzene rings is 1. The second-order valence-electron chi connectivity index (χ2n) is 5.23. The largest absolute Gasteiger partial charge is 0.283 e.